The summed E-state index contributed by atoms with van der Waals surface area (Å²) in [5, 5.41) is 28.2. The summed E-state index contributed by atoms with van der Waals surface area (Å²) in [5.41, 5.74) is 6.64. The van der Waals surface area contributed by atoms with E-state index in [0.717, 1.165) is 45.3 Å². The second kappa shape index (κ2) is 13.0. The third kappa shape index (κ3) is 6.87. The molecule has 0 bridgehead atoms. The second-order valence-corrected chi connectivity index (χ2v) is 9.98. The molecule has 10 heteroatoms. The lowest BCUT2D eigenvalue weighted by atomic mass is 10.0. The van der Waals surface area contributed by atoms with E-state index in [0.29, 0.717) is 12.2 Å². The van der Waals surface area contributed by atoms with Crippen molar-refractivity contribution in [1.29, 1.82) is 0 Å². The molecule has 1 aliphatic rings. The van der Waals surface area contributed by atoms with Gasteiger partial charge in [-0.25, -0.2) is 4.79 Å². The maximum atomic E-state index is 11.6. The van der Waals surface area contributed by atoms with Crippen molar-refractivity contribution in [2.24, 2.45) is 5.10 Å². The first-order valence-electron chi connectivity index (χ1n) is 13.7. The van der Waals surface area contributed by atoms with E-state index in [9.17, 15) is 9.90 Å². The molecule has 1 aromatic heterocycles. The monoisotopic (exact) mass is 576 g/mol. The number of anilines is 1. The van der Waals surface area contributed by atoms with Crippen LogP contribution in [0.3, 0.4) is 0 Å². The first-order chi connectivity index (χ1) is 20.8. The highest BCUT2D eigenvalue weighted by Crippen LogP contribution is 2.28. The molecule has 0 spiro atoms. The van der Waals surface area contributed by atoms with Crippen LogP contribution in [-0.4, -0.2) is 57.3 Å². The van der Waals surface area contributed by atoms with Crippen molar-refractivity contribution < 1.29 is 19.4 Å². The fraction of sp³-hybridized carbons (Fsp3) is 0.182. The Morgan fingerprint density at radius 1 is 0.744 bits per heavy atom. The first-order valence-corrected chi connectivity index (χ1v) is 13.7. The molecular formula is C33H32N6O4. The number of carboxylic acid groups (broad SMARTS) is 1. The van der Waals surface area contributed by atoms with E-state index >= 15 is 0 Å². The summed E-state index contributed by atoms with van der Waals surface area (Å²) in [4.78, 5) is 13.1. The van der Waals surface area contributed by atoms with Gasteiger partial charge < -0.3 is 14.6 Å². The van der Waals surface area contributed by atoms with Crippen molar-refractivity contribution >= 4 is 17.4 Å². The third-order valence-electron chi connectivity index (χ3n) is 6.94. The Bertz CT molecular complexity index is 1700. The minimum atomic E-state index is -0.883. The molecule has 1 unspecified atom stereocenters. The van der Waals surface area contributed by atoms with Gasteiger partial charge in [0.15, 0.2) is 6.04 Å². The number of methoxy groups -OCH3 is 2. The zero-order valence-corrected chi connectivity index (χ0v) is 24.4. The summed E-state index contributed by atoms with van der Waals surface area (Å²) in [6.07, 6.45) is 0.379. The largest absolute Gasteiger partial charge is 0.497 e. The van der Waals surface area contributed by atoms with Crippen LogP contribution in [0.5, 0.6) is 11.5 Å². The van der Waals surface area contributed by atoms with Gasteiger partial charge in [0.05, 0.1) is 31.3 Å². The summed E-state index contributed by atoms with van der Waals surface area (Å²) in [6, 6.07) is 30.0. The number of tetrazole rings is 1. The van der Waals surface area contributed by atoms with Gasteiger partial charge in [-0.3, -0.25) is 5.01 Å². The zero-order chi connectivity index (χ0) is 30.3. The molecule has 1 N–H and O–H groups in total. The van der Waals surface area contributed by atoms with E-state index < -0.39 is 12.0 Å². The Hall–Kier alpha value is -5.51. The fourth-order valence-corrected chi connectivity index (χ4v) is 4.45. The second-order valence-electron chi connectivity index (χ2n) is 9.98. The predicted molar refractivity (Wildman–Crippen MR) is 165 cm³/mol. The van der Waals surface area contributed by atoms with Crippen LogP contribution < -0.4 is 14.5 Å². The molecule has 0 saturated heterocycles. The van der Waals surface area contributed by atoms with Crippen LogP contribution in [0, 0.1) is 13.8 Å². The van der Waals surface area contributed by atoms with Gasteiger partial charge in [0.25, 0.3) is 0 Å². The standard InChI is InChI=1S/C18H18N2O3.C15H14N4O/c1-12-3-5-13(6-4-12)16-11-17(18(21)22)20(19-16)14-7-9-15(23-2)10-8-14;1-11-3-5-12(6-4-11)15-16-18-19(17-15)13-7-9-14(20-2)10-8-13/h3-10,17H,11H2,1-2H3,(H,21,22);3-10H,1-2H3. The quantitative estimate of drug-likeness (QED) is 0.262. The predicted octanol–water partition coefficient (Wildman–Crippen LogP) is 5.72. The Morgan fingerprint density at radius 2 is 1.26 bits per heavy atom. The normalized spacial score (nSPS) is 14.0. The van der Waals surface area contributed by atoms with Crippen molar-refractivity contribution in [2.75, 3.05) is 19.2 Å². The zero-order valence-electron chi connectivity index (χ0n) is 24.4. The maximum absolute atomic E-state index is 11.6. The molecule has 0 saturated carbocycles. The number of nitrogens with zero attached hydrogens (tertiary/aromatic N) is 6. The van der Waals surface area contributed by atoms with E-state index in [1.54, 1.807) is 31.4 Å². The number of hydrogen-bond acceptors (Lipinski definition) is 8. The van der Waals surface area contributed by atoms with Gasteiger partial charge in [-0.05, 0) is 73.2 Å². The molecule has 218 valence electrons. The maximum Gasteiger partial charge on any atom is 0.328 e. The molecule has 6 rings (SSSR count). The van der Waals surface area contributed by atoms with Crippen LogP contribution in [0.4, 0.5) is 5.69 Å². The smallest absolute Gasteiger partial charge is 0.328 e. The van der Waals surface area contributed by atoms with E-state index in [-0.39, 0.29) is 0 Å². The molecule has 0 aliphatic carbocycles. The molecule has 43 heavy (non-hydrogen) atoms. The SMILES string of the molecule is COc1ccc(-n2nnc(-c3ccc(C)cc3)n2)cc1.COc1ccc(N2N=C(c3ccc(C)cc3)CC2C(=O)O)cc1. The number of carboxylic acids is 1. The van der Waals surface area contributed by atoms with E-state index in [4.69, 9.17) is 9.47 Å². The van der Waals surface area contributed by atoms with Crippen LogP contribution in [0.2, 0.25) is 0 Å². The fourth-order valence-electron chi connectivity index (χ4n) is 4.45. The van der Waals surface area contributed by atoms with Crippen LogP contribution in [-0.2, 0) is 4.79 Å². The molecule has 1 aliphatic heterocycles. The molecule has 4 aromatic carbocycles. The Labute approximate surface area is 249 Å². The summed E-state index contributed by atoms with van der Waals surface area (Å²) < 4.78 is 10.3. The molecule has 0 fully saturated rings. The number of carbonyl (C=O) groups is 1. The number of aryl methyl sites for hydroxylation is 2. The number of aromatic nitrogens is 4. The summed E-state index contributed by atoms with van der Waals surface area (Å²) in [6.45, 7) is 4.06. The highest BCUT2D eigenvalue weighted by atomic mass is 16.5. The summed E-state index contributed by atoms with van der Waals surface area (Å²) in [7, 11) is 3.23. The molecule has 2 heterocycles. The number of hydrogen-bond donors (Lipinski definition) is 1. The van der Waals surface area contributed by atoms with Crippen LogP contribution in [0.1, 0.15) is 23.1 Å². The number of aliphatic carboxylic acids is 1. The van der Waals surface area contributed by atoms with Gasteiger partial charge in [-0.15, -0.1) is 15.0 Å². The minimum Gasteiger partial charge on any atom is -0.497 e. The molecule has 0 amide bonds. The Balaban J connectivity index is 0.000000173. The van der Waals surface area contributed by atoms with Crippen molar-refractivity contribution in [3.63, 3.8) is 0 Å². The van der Waals surface area contributed by atoms with Crippen LogP contribution >= 0.6 is 0 Å². The van der Waals surface area contributed by atoms with Gasteiger partial charge in [0, 0.05) is 12.0 Å². The van der Waals surface area contributed by atoms with Crippen LogP contribution in [0.15, 0.2) is 102 Å². The molecule has 1 atom stereocenters. The highest BCUT2D eigenvalue weighted by molar-refractivity contribution is 6.06. The minimum absolute atomic E-state index is 0.379. The lowest BCUT2D eigenvalue weighted by Crippen LogP contribution is -2.34. The average molecular weight is 577 g/mol. The molecular weight excluding hydrogens is 544 g/mol. The molecule has 10 nitrogen and oxygen atoms in total. The van der Waals surface area contributed by atoms with Gasteiger partial charge in [-0.2, -0.15) is 5.10 Å². The highest BCUT2D eigenvalue weighted by Gasteiger charge is 2.34. The van der Waals surface area contributed by atoms with Crippen molar-refractivity contribution in [3.05, 3.63) is 114 Å². The van der Waals surface area contributed by atoms with E-state index in [2.05, 4.69) is 20.5 Å². The van der Waals surface area contributed by atoms with Crippen molar-refractivity contribution in [1.82, 2.24) is 20.2 Å². The lowest BCUT2D eigenvalue weighted by Gasteiger charge is -2.20. The van der Waals surface area contributed by atoms with Crippen LogP contribution in [0.25, 0.3) is 17.1 Å². The molecule has 5 aromatic rings. The third-order valence-corrected chi connectivity index (χ3v) is 6.94. The number of benzene rings is 4. The number of hydrazone groups is 1. The van der Waals surface area contributed by atoms with E-state index in [1.165, 1.54) is 10.4 Å². The summed E-state index contributed by atoms with van der Waals surface area (Å²) >= 11 is 0. The van der Waals surface area contributed by atoms with E-state index in [1.807, 2.05) is 98.8 Å². The first kappa shape index (κ1) is 29.0. The molecule has 0 radical (unpaired) electrons. The average Bonchev–Trinajstić information content (AvgIpc) is 3.71. The van der Waals surface area contributed by atoms with Gasteiger partial charge in [-0.1, -0.05) is 59.7 Å². The topological polar surface area (TPSA) is 115 Å². The van der Waals surface area contributed by atoms with Gasteiger partial charge in [0.2, 0.25) is 5.82 Å². The number of ether oxygens (including phenoxy) is 2. The number of rotatable bonds is 7. The van der Waals surface area contributed by atoms with Crippen molar-refractivity contribution in [3.8, 4) is 28.6 Å². The van der Waals surface area contributed by atoms with Gasteiger partial charge in [0.1, 0.15) is 11.5 Å². The Kier molecular flexibility index (Phi) is 8.76. The summed E-state index contributed by atoms with van der Waals surface area (Å²) in [5.74, 6) is 1.25. The van der Waals surface area contributed by atoms with Gasteiger partial charge >= 0.3 is 5.97 Å². The van der Waals surface area contributed by atoms with Crippen molar-refractivity contribution in [2.45, 2.75) is 26.3 Å². The Morgan fingerprint density at radius 3 is 1.77 bits per heavy atom. The lowest BCUT2D eigenvalue weighted by molar-refractivity contribution is -0.138.